The lowest BCUT2D eigenvalue weighted by Gasteiger charge is -2.16. The van der Waals surface area contributed by atoms with Crippen LogP contribution in [0.15, 0.2) is 35.5 Å². The SMILES string of the molecule is C=C(C)CN(C)S(=O)(=O)c1ccc(CN)cn1. The third kappa shape index (κ3) is 3.36. The molecule has 0 radical (unpaired) electrons. The zero-order chi connectivity index (χ0) is 13.1. The Kier molecular flexibility index (Phi) is 4.39. The first-order valence-corrected chi connectivity index (χ1v) is 6.57. The van der Waals surface area contributed by atoms with Crippen LogP contribution >= 0.6 is 0 Å². The van der Waals surface area contributed by atoms with E-state index in [9.17, 15) is 8.42 Å². The van der Waals surface area contributed by atoms with E-state index in [2.05, 4.69) is 11.6 Å². The molecule has 0 fully saturated rings. The summed E-state index contributed by atoms with van der Waals surface area (Å²) in [4.78, 5) is 3.91. The van der Waals surface area contributed by atoms with Crippen molar-refractivity contribution in [1.29, 1.82) is 0 Å². The van der Waals surface area contributed by atoms with E-state index in [-0.39, 0.29) is 11.6 Å². The minimum absolute atomic E-state index is 0.0263. The van der Waals surface area contributed by atoms with E-state index in [4.69, 9.17) is 5.73 Å². The molecule has 0 aromatic carbocycles. The first-order chi connectivity index (χ1) is 7.87. The zero-order valence-corrected chi connectivity index (χ0v) is 10.9. The molecule has 1 rings (SSSR count). The van der Waals surface area contributed by atoms with Gasteiger partial charge in [0.1, 0.15) is 0 Å². The summed E-state index contributed by atoms with van der Waals surface area (Å²) in [5.74, 6) is 0. The smallest absolute Gasteiger partial charge is 0.260 e. The van der Waals surface area contributed by atoms with Crippen molar-refractivity contribution >= 4 is 10.0 Å². The van der Waals surface area contributed by atoms with Gasteiger partial charge in [-0.25, -0.2) is 13.4 Å². The molecule has 6 heteroatoms. The Balaban J connectivity index is 3.00. The van der Waals surface area contributed by atoms with Crippen LogP contribution in [0.5, 0.6) is 0 Å². The summed E-state index contributed by atoms with van der Waals surface area (Å²) in [7, 11) is -2.04. The van der Waals surface area contributed by atoms with Crippen molar-refractivity contribution in [3.05, 3.63) is 36.0 Å². The highest BCUT2D eigenvalue weighted by Crippen LogP contribution is 2.12. The summed E-state index contributed by atoms with van der Waals surface area (Å²) >= 11 is 0. The van der Waals surface area contributed by atoms with Gasteiger partial charge in [-0.1, -0.05) is 18.2 Å². The number of sulfonamides is 1. The molecular weight excluding hydrogens is 238 g/mol. The number of pyridine rings is 1. The van der Waals surface area contributed by atoms with Gasteiger partial charge in [0.2, 0.25) is 0 Å². The van der Waals surface area contributed by atoms with Crippen LogP contribution in [-0.2, 0) is 16.6 Å². The summed E-state index contributed by atoms with van der Waals surface area (Å²) in [6.07, 6.45) is 1.47. The van der Waals surface area contributed by atoms with E-state index in [0.29, 0.717) is 6.54 Å². The molecule has 0 spiro atoms. The fourth-order valence-corrected chi connectivity index (χ4v) is 2.44. The molecule has 0 aliphatic rings. The normalized spacial score (nSPS) is 11.8. The van der Waals surface area contributed by atoms with Gasteiger partial charge in [-0.15, -0.1) is 0 Å². The first kappa shape index (κ1) is 13.8. The molecule has 0 bridgehead atoms. The molecule has 0 saturated heterocycles. The number of hydrogen-bond donors (Lipinski definition) is 1. The summed E-state index contributed by atoms with van der Waals surface area (Å²) in [5, 5.41) is 0.0263. The largest absolute Gasteiger partial charge is 0.326 e. The maximum atomic E-state index is 12.1. The molecule has 0 atom stereocenters. The predicted molar refractivity (Wildman–Crippen MR) is 66.8 cm³/mol. The molecule has 1 aromatic heterocycles. The summed E-state index contributed by atoms with van der Waals surface area (Å²) in [6, 6.07) is 3.13. The van der Waals surface area contributed by atoms with Gasteiger partial charge in [-0.2, -0.15) is 4.31 Å². The summed E-state index contributed by atoms with van der Waals surface area (Å²) < 4.78 is 25.3. The first-order valence-electron chi connectivity index (χ1n) is 5.13. The van der Waals surface area contributed by atoms with E-state index in [1.54, 1.807) is 13.0 Å². The molecule has 0 saturated carbocycles. The number of rotatable bonds is 5. The quantitative estimate of drug-likeness (QED) is 0.787. The van der Waals surface area contributed by atoms with Crippen molar-refractivity contribution in [2.75, 3.05) is 13.6 Å². The van der Waals surface area contributed by atoms with Gasteiger partial charge in [0.05, 0.1) is 0 Å². The minimum atomic E-state index is -3.54. The summed E-state index contributed by atoms with van der Waals surface area (Å²) in [5.41, 5.74) is 6.99. The van der Waals surface area contributed by atoms with Crippen molar-refractivity contribution in [2.24, 2.45) is 5.73 Å². The second kappa shape index (κ2) is 5.39. The summed E-state index contributed by atoms with van der Waals surface area (Å²) in [6.45, 7) is 6.08. The van der Waals surface area contributed by atoms with Crippen molar-refractivity contribution in [3.63, 3.8) is 0 Å². The number of nitrogens with two attached hydrogens (primary N) is 1. The van der Waals surface area contributed by atoms with Crippen LogP contribution < -0.4 is 5.73 Å². The number of likely N-dealkylation sites (N-methyl/N-ethyl adjacent to an activating group) is 1. The third-order valence-electron chi connectivity index (χ3n) is 2.20. The fraction of sp³-hybridized carbons (Fsp3) is 0.364. The van der Waals surface area contributed by atoms with Crippen molar-refractivity contribution in [2.45, 2.75) is 18.5 Å². The van der Waals surface area contributed by atoms with E-state index in [0.717, 1.165) is 11.1 Å². The molecule has 5 nitrogen and oxygen atoms in total. The Labute approximate surface area is 102 Å². The highest BCUT2D eigenvalue weighted by atomic mass is 32.2. The third-order valence-corrected chi connectivity index (χ3v) is 3.92. The van der Waals surface area contributed by atoms with Gasteiger partial charge < -0.3 is 5.73 Å². The van der Waals surface area contributed by atoms with Crippen LogP contribution in [0, 0.1) is 0 Å². The van der Waals surface area contributed by atoms with Crippen molar-refractivity contribution < 1.29 is 8.42 Å². The lowest BCUT2D eigenvalue weighted by atomic mass is 10.3. The molecule has 0 amide bonds. The van der Waals surface area contributed by atoms with E-state index in [1.807, 2.05) is 0 Å². The topological polar surface area (TPSA) is 76.3 Å². The van der Waals surface area contributed by atoms with Gasteiger partial charge in [0.25, 0.3) is 10.0 Å². The molecule has 0 aliphatic heterocycles. The average molecular weight is 255 g/mol. The van der Waals surface area contributed by atoms with E-state index >= 15 is 0 Å². The van der Waals surface area contributed by atoms with E-state index < -0.39 is 10.0 Å². The molecular formula is C11H17N3O2S. The predicted octanol–water partition coefficient (Wildman–Crippen LogP) is 0.737. The second-order valence-corrected chi connectivity index (χ2v) is 5.92. The second-order valence-electron chi connectivity index (χ2n) is 3.93. The number of aromatic nitrogens is 1. The maximum Gasteiger partial charge on any atom is 0.260 e. The molecule has 1 heterocycles. The maximum absolute atomic E-state index is 12.1. The monoisotopic (exact) mass is 255 g/mol. The van der Waals surface area contributed by atoms with Crippen LogP contribution in [-0.4, -0.2) is 31.3 Å². The number of nitrogens with zero attached hydrogens (tertiary/aromatic N) is 2. The highest BCUT2D eigenvalue weighted by molar-refractivity contribution is 7.89. The molecule has 0 unspecified atom stereocenters. The van der Waals surface area contributed by atoms with Crippen LogP contribution in [0.4, 0.5) is 0 Å². The molecule has 1 aromatic rings. The Morgan fingerprint density at radius 2 is 2.18 bits per heavy atom. The van der Waals surface area contributed by atoms with Gasteiger partial charge in [-0.05, 0) is 18.6 Å². The lowest BCUT2D eigenvalue weighted by molar-refractivity contribution is 0.489. The van der Waals surface area contributed by atoms with Gasteiger partial charge >= 0.3 is 0 Å². The molecule has 2 N–H and O–H groups in total. The number of hydrogen-bond acceptors (Lipinski definition) is 4. The van der Waals surface area contributed by atoms with Crippen LogP contribution in [0.3, 0.4) is 0 Å². The van der Waals surface area contributed by atoms with Crippen LogP contribution in [0.2, 0.25) is 0 Å². The van der Waals surface area contributed by atoms with Crippen LogP contribution in [0.25, 0.3) is 0 Å². The van der Waals surface area contributed by atoms with Gasteiger partial charge in [0.15, 0.2) is 5.03 Å². The van der Waals surface area contributed by atoms with Gasteiger partial charge in [-0.3, -0.25) is 0 Å². The Bertz CT molecular complexity index is 494. The van der Waals surface area contributed by atoms with E-state index in [1.165, 1.54) is 23.6 Å². The highest BCUT2D eigenvalue weighted by Gasteiger charge is 2.21. The molecule has 17 heavy (non-hydrogen) atoms. The van der Waals surface area contributed by atoms with Crippen LogP contribution in [0.1, 0.15) is 12.5 Å². The lowest BCUT2D eigenvalue weighted by Crippen LogP contribution is -2.29. The molecule has 0 aliphatic carbocycles. The standard InChI is InChI=1S/C11H17N3O2S/c1-9(2)8-14(3)17(15,16)11-5-4-10(6-12)7-13-11/h4-5,7H,1,6,8,12H2,2-3H3. The zero-order valence-electron chi connectivity index (χ0n) is 10.0. The Morgan fingerprint density at radius 3 is 2.59 bits per heavy atom. The average Bonchev–Trinajstić information content (AvgIpc) is 2.28. The Morgan fingerprint density at radius 1 is 1.53 bits per heavy atom. The fourth-order valence-electron chi connectivity index (χ4n) is 1.31. The minimum Gasteiger partial charge on any atom is -0.326 e. The van der Waals surface area contributed by atoms with Gasteiger partial charge in [0, 0.05) is 26.3 Å². The molecule has 94 valence electrons. The Hall–Kier alpha value is -1.24. The van der Waals surface area contributed by atoms with Crippen molar-refractivity contribution in [3.8, 4) is 0 Å². The van der Waals surface area contributed by atoms with Crippen molar-refractivity contribution in [1.82, 2.24) is 9.29 Å².